The molecule has 9 heteroatoms. The van der Waals surface area contributed by atoms with E-state index in [0.29, 0.717) is 6.20 Å². The molecule has 0 fully saturated rings. The third kappa shape index (κ3) is 3.72. The normalized spacial score (nSPS) is 11.1. The number of methoxy groups -OCH3 is 1. The van der Waals surface area contributed by atoms with Crippen LogP contribution in [0.1, 0.15) is 23.0 Å². The summed E-state index contributed by atoms with van der Waals surface area (Å²) in [6.07, 6.45) is -4.42. The first kappa shape index (κ1) is 16.0. The topological polar surface area (TPSA) is 57.7 Å². The van der Waals surface area contributed by atoms with Crippen LogP contribution >= 0.6 is 0 Å². The third-order valence-electron chi connectivity index (χ3n) is 2.13. The van der Waals surface area contributed by atoms with Crippen LogP contribution in [0.15, 0.2) is 6.20 Å². The lowest BCUT2D eigenvalue weighted by molar-refractivity contribution is -0.275. The van der Waals surface area contributed by atoms with Gasteiger partial charge in [-0.15, -0.1) is 13.2 Å². The van der Waals surface area contributed by atoms with Crippen molar-refractivity contribution >= 4 is 5.97 Å². The highest BCUT2D eigenvalue weighted by Gasteiger charge is 2.34. The fourth-order valence-corrected chi connectivity index (χ4v) is 1.42. The first-order chi connectivity index (χ1) is 9.34. The SMILES string of the molecule is CCOC(=O)c1ncc(OC(F)(F)F)c(CF)c1OC. The van der Waals surface area contributed by atoms with Crippen molar-refractivity contribution in [3.8, 4) is 11.5 Å². The first-order valence-corrected chi connectivity index (χ1v) is 5.38. The number of ether oxygens (including phenoxy) is 3. The van der Waals surface area contributed by atoms with Crippen LogP contribution in [-0.4, -0.2) is 31.0 Å². The van der Waals surface area contributed by atoms with Gasteiger partial charge in [0.25, 0.3) is 0 Å². The third-order valence-corrected chi connectivity index (χ3v) is 2.13. The van der Waals surface area contributed by atoms with E-state index in [4.69, 9.17) is 4.74 Å². The number of carbonyl (C=O) groups excluding carboxylic acids is 1. The molecule has 0 aliphatic carbocycles. The Morgan fingerprint density at radius 2 is 2.05 bits per heavy atom. The molecule has 0 atom stereocenters. The number of hydrogen-bond acceptors (Lipinski definition) is 5. The lowest BCUT2D eigenvalue weighted by Gasteiger charge is -2.15. The Morgan fingerprint density at radius 3 is 2.50 bits per heavy atom. The number of carbonyl (C=O) groups is 1. The van der Waals surface area contributed by atoms with E-state index in [1.165, 1.54) is 6.92 Å². The number of hydrogen-bond donors (Lipinski definition) is 0. The second-order valence-corrected chi connectivity index (χ2v) is 3.38. The zero-order valence-corrected chi connectivity index (χ0v) is 10.6. The van der Waals surface area contributed by atoms with Crippen molar-refractivity contribution < 1.29 is 36.6 Å². The molecule has 0 saturated carbocycles. The van der Waals surface area contributed by atoms with Crippen molar-refractivity contribution in [2.45, 2.75) is 20.0 Å². The Kier molecular flexibility index (Phi) is 5.12. The fraction of sp³-hybridized carbons (Fsp3) is 0.455. The molecule has 5 nitrogen and oxygen atoms in total. The molecule has 0 aliphatic heterocycles. The van der Waals surface area contributed by atoms with Crippen LogP contribution in [0.4, 0.5) is 17.6 Å². The Morgan fingerprint density at radius 1 is 1.40 bits per heavy atom. The maximum Gasteiger partial charge on any atom is 0.573 e. The van der Waals surface area contributed by atoms with Crippen molar-refractivity contribution in [1.82, 2.24) is 4.98 Å². The van der Waals surface area contributed by atoms with E-state index in [9.17, 15) is 22.4 Å². The minimum atomic E-state index is -5.01. The van der Waals surface area contributed by atoms with Gasteiger partial charge in [0.2, 0.25) is 0 Å². The molecule has 0 N–H and O–H groups in total. The van der Waals surface area contributed by atoms with Gasteiger partial charge in [-0.05, 0) is 6.92 Å². The molecule has 1 heterocycles. The molecule has 1 aromatic heterocycles. The summed E-state index contributed by atoms with van der Waals surface area (Å²) in [6, 6.07) is 0. The predicted octanol–water partition coefficient (Wildman–Crippen LogP) is 2.64. The number of aromatic nitrogens is 1. The summed E-state index contributed by atoms with van der Waals surface area (Å²) in [7, 11) is 1.07. The van der Waals surface area contributed by atoms with Gasteiger partial charge in [0.1, 0.15) is 6.67 Å². The van der Waals surface area contributed by atoms with Crippen molar-refractivity contribution in [1.29, 1.82) is 0 Å². The highest BCUT2D eigenvalue weighted by atomic mass is 19.4. The maximum atomic E-state index is 12.9. The van der Waals surface area contributed by atoms with Crippen LogP contribution in [0.2, 0.25) is 0 Å². The van der Waals surface area contributed by atoms with E-state index in [2.05, 4.69) is 14.5 Å². The summed E-state index contributed by atoms with van der Waals surface area (Å²) in [6.45, 7) is 0.223. The smallest absolute Gasteiger partial charge is 0.494 e. The summed E-state index contributed by atoms with van der Waals surface area (Å²) in [5.41, 5.74) is -0.987. The molecule has 0 amide bonds. The van der Waals surface area contributed by atoms with E-state index in [0.717, 1.165) is 7.11 Å². The van der Waals surface area contributed by atoms with Crippen molar-refractivity contribution in [2.75, 3.05) is 13.7 Å². The van der Waals surface area contributed by atoms with E-state index < -0.39 is 41.8 Å². The van der Waals surface area contributed by atoms with Crippen LogP contribution in [0, 0.1) is 0 Å². The molecule has 0 aromatic carbocycles. The minimum Gasteiger partial charge on any atom is -0.494 e. The second kappa shape index (κ2) is 6.40. The monoisotopic (exact) mass is 297 g/mol. The minimum absolute atomic E-state index is 0.0232. The molecule has 0 unspecified atom stereocenters. The highest BCUT2D eigenvalue weighted by molar-refractivity contribution is 5.91. The zero-order chi connectivity index (χ0) is 15.3. The van der Waals surface area contributed by atoms with Crippen molar-refractivity contribution in [3.63, 3.8) is 0 Å². The van der Waals surface area contributed by atoms with Crippen LogP contribution in [0.5, 0.6) is 11.5 Å². The molecule has 0 bridgehead atoms. The van der Waals surface area contributed by atoms with Crippen molar-refractivity contribution in [2.24, 2.45) is 0 Å². The Bertz CT molecular complexity index is 490. The molecular weight excluding hydrogens is 286 g/mol. The van der Waals surface area contributed by atoms with Gasteiger partial charge in [-0.3, -0.25) is 0 Å². The fourth-order valence-electron chi connectivity index (χ4n) is 1.42. The average Bonchev–Trinajstić information content (AvgIpc) is 2.36. The van der Waals surface area contributed by atoms with Crippen LogP contribution in [-0.2, 0) is 11.4 Å². The summed E-state index contributed by atoms with van der Waals surface area (Å²) >= 11 is 0. The number of rotatable bonds is 5. The van der Waals surface area contributed by atoms with Gasteiger partial charge in [0.05, 0.1) is 25.5 Å². The van der Waals surface area contributed by atoms with Gasteiger partial charge >= 0.3 is 12.3 Å². The van der Waals surface area contributed by atoms with E-state index in [1.807, 2.05) is 0 Å². The number of esters is 1. The molecule has 112 valence electrons. The summed E-state index contributed by atoms with van der Waals surface area (Å²) in [5.74, 6) is -2.25. The second-order valence-electron chi connectivity index (χ2n) is 3.38. The van der Waals surface area contributed by atoms with E-state index >= 15 is 0 Å². The van der Waals surface area contributed by atoms with Gasteiger partial charge in [-0.1, -0.05) is 0 Å². The first-order valence-electron chi connectivity index (χ1n) is 5.38. The predicted molar refractivity (Wildman–Crippen MR) is 58.2 cm³/mol. The Balaban J connectivity index is 3.29. The average molecular weight is 297 g/mol. The molecular formula is C11H11F4NO4. The van der Waals surface area contributed by atoms with Gasteiger partial charge < -0.3 is 14.2 Å². The number of nitrogens with zero attached hydrogens (tertiary/aromatic N) is 1. The van der Waals surface area contributed by atoms with E-state index in [-0.39, 0.29) is 6.61 Å². The van der Waals surface area contributed by atoms with Gasteiger partial charge in [-0.25, -0.2) is 14.2 Å². The molecule has 0 radical (unpaired) electrons. The summed E-state index contributed by atoms with van der Waals surface area (Å²) < 4.78 is 62.4. The van der Waals surface area contributed by atoms with Crippen LogP contribution < -0.4 is 9.47 Å². The van der Waals surface area contributed by atoms with Crippen LogP contribution in [0.3, 0.4) is 0 Å². The lowest BCUT2D eigenvalue weighted by atomic mass is 10.2. The summed E-state index contributed by atoms with van der Waals surface area (Å²) in [4.78, 5) is 15.0. The largest absolute Gasteiger partial charge is 0.573 e. The highest BCUT2D eigenvalue weighted by Crippen LogP contribution is 2.34. The van der Waals surface area contributed by atoms with Gasteiger partial charge in [0, 0.05) is 0 Å². The Labute approximate surface area is 111 Å². The molecule has 0 spiro atoms. The quantitative estimate of drug-likeness (QED) is 0.617. The molecule has 1 rings (SSSR count). The maximum absolute atomic E-state index is 12.9. The van der Waals surface area contributed by atoms with Crippen LogP contribution in [0.25, 0.3) is 0 Å². The molecule has 0 saturated heterocycles. The zero-order valence-electron chi connectivity index (χ0n) is 10.6. The summed E-state index contributed by atoms with van der Waals surface area (Å²) in [5, 5.41) is 0. The molecule has 0 aliphatic rings. The standard InChI is InChI=1S/C11H11F4NO4/c1-3-19-10(17)8-9(18-2)6(4-12)7(5-16-8)20-11(13,14)15/h5H,3-4H2,1-2H3. The van der Waals surface area contributed by atoms with Crippen molar-refractivity contribution in [3.05, 3.63) is 17.5 Å². The number of alkyl halides is 4. The van der Waals surface area contributed by atoms with Gasteiger partial charge in [0.15, 0.2) is 17.2 Å². The number of halogens is 4. The molecule has 20 heavy (non-hydrogen) atoms. The lowest BCUT2D eigenvalue weighted by Crippen LogP contribution is -2.19. The van der Waals surface area contributed by atoms with E-state index in [1.54, 1.807) is 0 Å². The Hall–Kier alpha value is -2.06. The van der Waals surface area contributed by atoms with Gasteiger partial charge in [-0.2, -0.15) is 0 Å². The number of pyridine rings is 1. The molecule has 1 aromatic rings.